The number of carbonyl (C=O) groups is 3. The lowest BCUT2D eigenvalue weighted by Crippen LogP contribution is -2.53. The van der Waals surface area contributed by atoms with Gasteiger partial charge < -0.3 is 10.6 Å². The lowest BCUT2D eigenvalue weighted by molar-refractivity contribution is -0.137. The van der Waals surface area contributed by atoms with Crippen molar-refractivity contribution >= 4 is 17.8 Å². The fraction of sp³-hybridized carbons (Fsp3) is 0.850. The van der Waals surface area contributed by atoms with E-state index in [0.29, 0.717) is 25.4 Å². The third-order valence-electron chi connectivity index (χ3n) is 6.48. The van der Waals surface area contributed by atoms with Crippen LogP contribution in [0, 0.1) is 0 Å². The SMILES string of the molecule is CCCCN1CCCCC1CNC(=O)C(C)N1C(=O)NC2(CCCC2)C1=O. The average molecular weight is 379 g/mol. The summed E-state index contributed by atoms with van der Waals surface area (Å²) in [5, 5.41) is 5.85. The van der Waals surface area contributed by atoms with Crippen LogP contribution in [0.2, 0.25) is 0 Å². The van der Waals surface area contributed by atoms with Gasteiger partial charge in [0.05, 0.1) is 0 Å². The Morgan fingerprint density at radius 1 is 1.26 bits per heavy atom. The van der Waals surface area contributed by atoms with Crippen LogP contribution in [-0.2, 0) is 9.59 Å². The molecule has 1 aliphatic carbocycles. The first-order valence-electron chi connectivity index (χ1n) is 10.7. The minimum atomic E-state index is -0.773. The first kappa shape index (κ1) is 20.1. The van der Waals surface area contributed by atoms with Crippen molar-refractivity contribution in [2.24, 2.45) is 0 Å². The van der Waals surface area contributed by atoms with Gasteiger partial charge in [-0.2, -0.15) is 0 Å². The summed E-state index contributed by atoms with van der Waals surface area (Å²) in [5.74, 6) is -0.468. The molecule has 2 atom stereocenters. The molecular formula is C20H34N4O3. The van der Waals surface area contributed by atoms with E-state index < -0.39 is 17.6 Å². The van der Waals surface area contributed by atoms with Crippen LogP contribution in [0.3, 0.4) is 0 Å². The second-order valence-electron chi connectivity index (χ2n) is 8.35. The second kappa shape index (κ2) is 8.59. The first-order valence-corrected chi connectivity index (χ1v) is 10.7. The molecule has 2 unspecified atom stereocenters. The number of amides is 4. The highest BCUT2D eigenvalue weighted by Crippen LogP contribution is 2.35. The molecule has 3 fully saturated rings. The number of nitrogens with zero attached hydrogens (tertiary/aromatic N) is 2. The third-order valence-corrected chi connectivity index (χ3v) is 6.48. The van der Waals surface area contributed by atoms with Gasteiger partial charge in [0.15, 0.2) is 0 Å². The van der Waals surface area contributed by atoms with Crippen LogP contribution in [0.5, 0.6) is 0 Å². The molecule has 7 heteroatoms. The van der Waals surface area contributed by atoms with Crippen molar-refractivity contribution in [1.82, 2.24) is 20.4 Å². The highest BCUT2D eigenvalue weighted by Gasteiger charge is 2.54. The number of piperidine rings is 1. The highest BCUT2D eigenvalue weighted by molar-refractivity contribution is 6.09. The molecule has 2 aliphatic heterocycles. The number of rotatable bonds is 7. The van der Waals surface area contributed by atoms with Gasteiger partial charge in [-0.05, 0) is 52.1 Å². The van der Waals surface area contributed by atoms with Gasteiger partial charge >= 0.3 is 6.03 Å². The van der Waals surface area contributed by atoms with Crippen molar-refractivity contribution in [2.45, 2.75) is 89.3 Å². The molecule has 0 radical (unpaired) electrons. The summed E-state index contributed by atoms with van der Waals surface area (Å²) < 4.78 is 0. The number of carbonyl (C=O) groups excluding carboxylic acids is 3. The van der Waals surface area contributed by atoms with Gasteiger partial charge in [-0.15, -0.1) is 0 Å². The van der Waals surface area contributed by atoms with Gasteiger partial charge in [-0.1, -0.05) is 32.6 Å². The molecule has 0 aromatic carbocycles. The molecular weight excluding hydrogens is 344 g/mol. The van der Waals surface area contributed by atoms with Crippen molar-refractivity contribution in [1.29, 1.82) is 0 Å². The van der Waals surface area contributed by atoms with E-state index in [1.54, 1.807) is 6.92 Å². The zero-order valence-electron chi connectivity index (χ0n) is 16.8. The summed E-state index contributed by atoms with van der Waals surface area (Å²) in [6.45, 7) is 6.59. The first-order chi connectivity index (χ1) is 13.0. The Labute approximate surface area is 162 Å². The summed E-state index contributed by atoms with van der Waals surface area (Å²) in [4.78, 5) is 41.5. The Balaban J connectivity index is 1.55. The monoisotopic (exact) mass is 378 g/mol. The maximum absolute atomic E-state index is 12.8. The minimum absolute atomic E-state index is 0.227. The Bertz CT molecular complexity index is 574. The van der Waals surface area contributed by atoms with Gasteiger partial charge in [0, 0.05) is 12.6 Å². The molecule has 0 aromatic heterocycles. The van der Waals surface area contributed by atoms with Crippen molar-refractivity contribution in [3.63, 3.8) is 0 Å². The average Bonchev–Trinajstić information content (AvgIpc) is 3.23. The Hall–Kier alpha value is -1.63. The van der Waals surface area contributed by atoms with E-state index in [-0.39, 0.29) is 11.8 Å². The van der Waals surface area contributed by atoms with Gasteiger partial charge in [-0.3, -0.25) is 14.5 Å². The van der Waals surface area contributed by atoms with Crippen molar-refractivity contribution in [2.75, 3.05) is 19.6 Å². The molecule has 27 heavy (non-hydrogen) atoms. The fourth-order valence-corrected chi connectivity index (χ4v) is 4.74. The molecule has 2 heterocycles. The molecule has 4 amide bonds. The topological polar surface area (TPSA) is 81.8 Å². The van der Waals surface area contributed by atoms with Gasteiger partial charge in [-0.25, -0.2) is 9.69 Å². The van der Waals surface area contributed by atoms with E-state index in [4.69, 9.17) is 0 Å². The summed E-state index contributed by atoms with van der Waals surface area (Å²) in [7, 11) is 0. The smallest absolute Gasteiger partial charge is 0.325 e. The Morgan fingerprint density at radius 3 is 2.70 bits per heavy atom. The summed E-state index contributed by atoms with van der Waals surface area (Å²) in [6, 6.07) is -0.845. The Kier molecular flexibility index (Phi) is 6.40. The highest BCUT2D eigenvalue weighted by atomic mass is 16.2. The van der Waals surface area contributed by atoms with Crippen molar-refractivity contribution in [3.8, 4) is 0 Å². The molecule has 2 saturated heterocycles. The van der Waals surface area contributed by atoms with Crippen LogP contribution in [0.25, 0.3) is 0 Å². The number of nitrogens with one attached hydrogen (secondary N) is 2. The van der Waals surface area contributed by atoms with Crippen molar-refractivity contribution < 1.29 is 14.4 Å². The molecule has 2 N–H and O–H groups in total. The van der Waals surface area contributed by atoms with Crippen LogP contribution in [0.15, 0.2) is 0 Å². The van der Waals surface area contributed by atoms with Crippen LogP contribution in [-0.4, -0.2) is 64.9 Å². The van der Waals surface area contributed by atoms with E-state index in [9.17, 15) is 14.4 Å². The van der Waals surface area contributed by atoms with E-state index in [2.05, 4.69) is 22.5 Å². The fourth-order valence-electron chi connectivity index (χ4n) is 4.74. The Morgan fingerprint density at radius 2 is 2.00 bits per heavy atom. The largest absolute Gasteiger partial charge is 0.353 e. The molecule has 152 valence electrons. The molecule has 0 aromatic rings. The molecule has 0 bridgehead atoms. The normalized spacial score (nSPS) is 26.4. The predicted molar refractivity (Wildman–Crippen MR) is 103 cm³/mol. The lowest BCUT2D eigenvalue weighted by atomic mass is 9.97. The summed E-state index contributed by atoms with van der Waals surface area (Å²) >= 11 is 0. The van der Waals surface area contributed by atoms with E-state index in [1.807, 2.05) is 0 Å². The maximum Gasteiger partial charge on any atom is 0.325 e. The number of urea groups is 1. The number of imide groups is 1. The third kappa shape index (κ3) is 4.13. The molecule has 3 rings (SSSR count). The van der Waals surface area contributed by atoms with Crippen molar-refractivity contribution in [3.05, 3.63) is 0 Å². The van der Waals surface area contributed by atoms with E-state index in [0.717, 1.165) is 37.3 Å². The molecule has 1 saturated carbocycles. The van der Waals surface area contributed by atoms with E-state index in [1.165, 1.54) is 25.7 Å². The number of hydrogen-bond donors (Lipinski definition) is 2. The van der Waals surface area contributed by atoms with Gasteiger partial charge in [0.1, 0.15) is 11.6 Å². The second-order valence-corrected chi connectivity index (χ2v) is 8.35. The van der Waals surface area contributed by atoms with Crippen LogP contribution in [0.1, 0.15) is 71.6 Å². The number of hydrogen-bond acceptors (Lipinski definition) is 4. The van der Waals surface area contributed by atoms with Gasteiger partial charge in [0.2, 0.25) is 5.91 Å². The molecule has 7 nitrogen and oxygen atoms in total. The summed E-state index contributed by atoms with van der Waals surface area (Å²) in [6.07, 6.45) is 9.07. The zero-order chi connectivity index (χ0) is 19.4. The maximum atomic E-state index is 12.8. The number of unbranched alkanes of at least 4 members (excludes halogenated alkanes) is 1. The lowest BCUT2D eigenvalue weighted by Gasteiger charge is -2.36. The summed E-state index contributed by atoms with van der Waals surface area (Å²) in [5.41, 5.74) is -0.758. The van der Waals surface area contributed by atoms with E-state index >= 15 is 0 Å². The standard InChI is InChI=1S/C20H34N4O3/c1-3-4-12-23-13-8-5-9-16(23)14-21-17(25)15(2)24-18(26)20(22-19(24)27)10-6-7-11-20/h15-16H,3-14H2,1-2H3,(H,21,25)(H,22,27). The molecule has 1 spiro atoms. The number of likely N-dealkylation sites (tertiary alicyclic amines) is 1. The van der Waals surface area contributed by atoms with Crippen LogP contribution >= 0.6 is 0 Å². The predicted octanol–water partition coefficient (Wildman–Crippen LogP) is 2.01. The van der Waals surface area contributed by atoms with Crippen LogP contribution in [0.4, 0.5) is 4.79 Å². The van der Waals surface area contributed by atoms with Gasteiger partial charge in [0.25, 0.3) is 5.91 Å². The minimum Gasteiger partial charge on any atom is -0.353 e. The molecule has 3 aliphatic rings. The zero-order valence-corrected chi connectivity index (χ0v) is 16.8. The van der Waals surface area contributed by atoms with Crippen LogP contribution < -0.4 is 10.6 Å². The quantitative estimate of drug-likeness (QED) is 0.664.